The van der Waals surface area contributed by atoms with Crippen molar-refractivity contribution in [1.82, 2.24) is 9.97 Å². The minimum atomic E-state index is 1.27. The highest BCUT2D eigenvalue weighted by Gasteiger charge is 1.92. The van der Waals surface area contributed by atoms with Crippen molar-refractivity contribution in [3.8, 4) is 0 Å². The predicted octanol–water partition coefficient (Wildman–Crippen LogP) is -0.0302. The fourth-order valence-electron chi connectivity index (χ4n) is 0.942. The largest absolute Gasteiger partial charge is 0.450 e. The van der Waals surface area contributed by atoms with Gasteiger partial charge in [-0.05, 0) is 20.8 Å². The van der Waals surface area contributed by atoms with Crippen LogP contribution < -0.4 is 9.88 Å². The van der Waals surface area contributed by atoms with Gasteiger partial charge in [-0.1, -0.05) is 18.7 Å². The molecule has 0 saturated heterocycles. The average Bonchev–Trinajstić information content (AvgIpc) is 2.64. The lowest BCUT2D eigenvalue weighted by atomic mass is 10.5. The highest BCUT2D eigenvalue weighted by atomic mass is 15.1. The summed E-state index contributed by atoms with van der Waals surface area (Å²) >= 11 is 0. The van der Waals surface area contributed by atoms with Crippen LogP contribution in [0, 0.1) is 0 Å². The molecule has 70 valence electrons. The van der Waals surface area contributed by atoms with Gasteiger partial charge in [0.05, 0.1) is 19.6 Å². The molecule has 1 aromatic rings. The van der Waals surface area contributed by atoms with Crippen LogP contribution >= 0.6 is 0 Å². The van der Waals surface area contributed by atoms with Crippen LogP contribution in [0.4, 0.5) is 0 Å². The van der Waals surface area contributed by atoms with Gasteiger partial charge in [0.25, 0.3) is 0 Å². The summed E-state index contributed by atoms with van der Waals surface area (Å²) in [5.41, 5.74) is 0. The van der Waals surface area contributed by atoms with E-state index in [-0.39, 0.29) is 0 Å². The second kappa shape index (κ2) is 8.27. The highest BCUT2D eigenvalue weighted by Crippen LogP contribution is 1.60. The fraction of sp³-hybridized carbons (Fsp3) is 0.667. The zero-order valence-electron chi connectivity index (χ0n) is 8.25. The molecule has 0 aliphatic rings. The lowest BCUT2D eigenvalue weighted by molar-refractivity contribution is -0.894. The van der Waals surface area contributed by atoms with Gasteiger partial charge in [-0.15, -0.1) is 0 Å². The Morgan fingerprint density at radius 3 is 1.83 bits per heavy atom. The summed E-state index contributed by atoms with van der Waals surface area (Å²) in [5.74, 6) is 0. The first-order valence-corrected chi connectivity index (χ1v) is 4.55. The minimum absolute atomic E-state index is 1.27. The molecular formula is C9H19N3. The van der Waals surface area contributed by atoms with E-state index in [4.69, 9.17) is 0 Å². The zero-order chi connectivity index (χ0) is 9.23. The molecule has 3 heteroatoms. The molecule has 0 amide bonds. The molecule has 0 fully saturated rings. The van der Waals surface area contributed by atoms with Gasteiger partial charge in [-0.3, -0.25) is 0 Å². The van der Waals surface area contributed by atoms with Crippen molar-refractivity contribution >= 4 is 0 Å². The third kappa shape index (κ3) is 5.92. The van der Waals surface area contributed by atoms with E-state index in [1.54, 1.807) is 17.3 Å². The second-order valence-electron chi connectivity index (χ2n) is 2.52. The van der Waals surface area contributed by atoms with Gasteiger partial charge in [0.15, 0.2) is 0 Å². The van der Waals surface area contributed by atoms with Crippen LogP contribution in [-0.2, 0) is 0 Å². The maximum absolute atomic E-state index is 3.61. The molecule has 0 aliphatic heterocycles. The number of nitrogens with zero attached hydrogens (tertiary/aromatic N) is 2. The van der Waals surface area contributed by atoms with Crippen molar-refractivity contribution in [1.29, 1.82) is 0 Å². The molecule has 0 spiro atoms. The topological polar surface area (TPSA) is 31.4 Å². The molecule has 0 aliphatic carbocycles. The Hall–Kier alpha value is -0.830. The summed E-state index contributed by atoms with van der Waals surface area (Å²) in [5, 5.41) is 0. The summed E-state index contributed by atoms with van der Waals surface area (Å²) < 4.78 is 0. The van der Waals surface area contributed by atoms with Crippen molar-refractivity contribution < 1.29 is 4.90 Å². The Bertz CT molecular complexity index is 122. The molecule has 0 aromatic carbocycles. The second-order valence-corrected chi connectivity index (χ2v) is 2.52. The zero-order valence-corrected chi connectivity index (χ0v) is 8.25. The van der Waals surface area contributed by atoms with Crippen molar-refractivity contribution in [2.24, 2.45) is 0 Å². The Kier molecular flexibility index (Phi) is 7.70. The number of hydrogen-bond acceptors (Lipinski definition) is 1. The van der Waals surface area contributed by atoms with Crippen molar-refractivity contribution in [3.63, 3.8) is 0 Å². The summed E-state index contributed by atoms with van der Waals surface area (Å²) in [6, 6.07) is 0. The number of imidazole rings is 1. The third-order valence-electron chi connectivity index (χ3n) is 1.87. The van der Waals surface area contributed by atoms with Crippen molar-refractivity contribution in [2.75, 3.05) is 19.6 Å². The van der Waals surface area contributed by atoms with Gasteiger partial charge in [-0.2, -0.15) is 0 Å². The van der Waals surface area contributed by atoms with Gasteiger partial charge in [0, 0.05) is 0 Å². The molecule has 3 nitrogen and oxygen atoms in total. The van der Waals surface area contributed by atoms with Crippen LogP contribution in [0.25, 0.3) is 0 Å². The molecule has 0 saturated carbocycles. The Labute approximate surface area is 74.8 Å². The number of hydrogen-bond donors (Lipinski definition) is 1. The first-order chi connectivity index (χ1) is 5.85. The van der Waals surface area contributed by atoms with Crippen LogP contribution in [0.2, 0.25) is 0 Å². The Morgan fingerprint density at radius 1 is 1.17 bits per heavy atom. The minimum Gasteiger partial charge on any atom is -0.450 e. The smallest absolute Gasteiger partial charge is 0.0742 e. The van der Waals surface area contributed by atoms with Gasteiger partial charge in [0.2, 0.25) is 0 Å². The molecular weight excluding hydrogens is 150 g/mol. The van der Waals surface area contributed by atoms with E-state index in [1.807, 2.05) is 0 Å². The van der Waals surface area contributed by atoms with E-state index in [0.717, 1.165) is 0 Å². The normalized spacial score (nSPS) is 9.33. The molecule has 0 bridgehead atoms. The fourth-order valence-corrected chi connectivity index (χ4v) is 0.942. The van der Waals surface area contributed by atoms with Crippen LogP contribution in [0.1, 0.15) is 20.8 Å². The first-order valence-electron chi connectivity index (χ1n) is 4.55. The number of quaternary nitrogens is 1. The molecule has 12 heavy (non-hydrogen) atoms. The van der Waals surface area contributed by atoms with E-state index < -0.39 is 0 Å². The average molecular weight is 169 g/mol. The van der Waals surface area contributed by atoms with Crippen molar-refractivity contribution in [3.05, 3.63) is 18.7 Å². The summed E-state index contributed by atoms with van der Waals surface area (Å²) in [7, 11) is 0. The van der Waals surface area contributed by atoms with Gasteiger partial charge in [-0.25, -0.2) is 0 Å². The molecule has 1 N–H and O–H groups in total. The Morgan fingerprint density at radius 2 is 1.75 bits per heavy atom. The van der Waals surface area contributed by atoms with Crippen LogP contribution in [-0.4, -0.2) is 24.6 Å². The van der Waals surface area contributed by atoms with E-state index in [1.165, 1.54) is 26.0 Å². The molecule has 1 heterocycles. The van der Waals surface area contributed by atoms with E-state index in [9.17, 15) is 0 Å². The molecule has 0 atom stereocenters. The maximum Gasteiger partial charge on any atom is 0.0742 e. The summed E-state index contributed by atoms with van der Waals surface area (Å²) in [4.78, 5) is 8.90. The number of rotatable bonds is 3. The standard InChI is InChI=1S/C6H15N.C3H3N2/c1-4-7(5-2)6-3;1-2-5-3-4-1/h4-6H2,1-3H3;1-3H/q;-1/p+1. The van der Waals surface area contributed by atoms with E-state index >= 15 is 0 Å². The molecule has 1 rings (SSSR count). The van der Waals surface area contributed by atoms with Gasteiger partial charge >= 0.3 is 0 Å². The van der Waals surface area contributed by atoms with Crippen LogP contribution in [0.15, 0.2) is 18.7 Å². The van der Waals surface area contributed by atoms with E-state index in [2.05, 4.69) is 30.7 Å². The predicted molar refractivity (Wildman–Crippen MR) is 50.1 cm³/mol. The van der Waals surface area contributed by atoms with Crippen LogP contribution in [0.3, 0.4) is 0 Å². The molecule has 1 aromatic heterocycles. The van der Waals surface area contributed by atoms with Crippen molar-refractivity contribution in [2.45, 2.75) is 20.8 Å². The Balaban J connectivity index is 0.000000211. The van der Waals surface area contributed by atoms with Gasteiger partial charge < -0.3 is 14.9 Å². The summed E-state index contributed by atoms with van der Waals surface area (Å²) in [6.45, 7) is 10.5. The number of aromatic nitrogens is 2. The lowest BCUT2D eigenvalue weighted by Gasteiger charge is -2.10. The quantitative estimate of drug-likeness (QED) is 0.689. The molecule has 0 radical (unpaired) electrons. The highest BCUT2D eigenvalue weighted by molar-refractivity contribution is 4.64. The SMILES string of the molecule is CC[NH+](CC)CC.c1c[n-]cn1. The monoisotopic (exact) mass is 169 g/mol. The molecule has 0 unspecified atom stereocenters. The maximum atomic E-state index is 3.61. The lowest BCUT2D eigenvalue weighted by Crippen LogP contribution is -3.11. The summed E-state index contributed by atoms with van der Waals surface area (Å²) in [6.07, 6.45) is 4.78. The van der Waals surface area contributed by atoms with E-state index in [0.29, 0.717) is 0 Å². The number of nitrogens with one attached hydrogen (secondary N) is 1. The first kappa shape index (κ1) is 11.2. The van der Waals surface area contributed by atoms with Crippen LogP contribution in [0.5, 0.6) is 0 Å². The third-order valence-corrected chi connectivity index (χ3v) is 1.87. The van der Waals surface area contributed by atoms with Gasteiger partial charge in [0.1, 0.15) is 0 Å².